The molecule has 3 rings (SSSR count). The molecule has 22 heavy (non-hydrogen) atoms. The normalized spacial score (nSPS) is 12.2. The average Bonchev–Trinajstić information content (AvgIpc) is 2.96. The fourth-order valence-corrected chi connectivity index (χ4v) is 2.36. The fraction of sp³-hybridized carbons (Fsp3) is 0.250. The Morgan fingerprint density at radius 1 is 1.41 bits per heavy atom. The van der Waals surface area contributed by atoms with Crippen LogP contribution in [0.1, 0.15) is 17.3 Å². The minimum Gasteiger partial charge on any atom is -0.462 e. The third-order valence-corrected chi connectivity index (χ3v) is 3.33. The lowest BCUT2D eigenvalue weighted by molar-refractivity contribution is 0.0524. The molecule has 0 atom stereocenters. The van der Waals surface area contributed by atoms with E-state index in [0.717, 1.165) is 0 Å². The summed E-state index contributed by atoms with van der Waals surface area (Å²) in [4.78, 5) is 24.5. The number of pyridine rings is 1. The molecular weight excluding hydrogens is 286 g/mol. The molecule has 0 fully saturated rings. The SMILES string of the molecule is C#CCn1cc(C(=O)OCC)c(=O)c2cc3c(cc21)OCO3. The summed E-state index contributed by atoms with van der Waals surface area (Å²) < 4.78 is 17.2. The Morgan fingerprint density at radius 2 is 2.14 bits per heavy atom. The lowest BCUT2D eigenvalue weighted by Crippen LogP contribution is -2.20. The molecular formula is C16H13NO5. The van der Waals surface area contributed by atoms with Crippen LogP contribution in [-0.4, -0.2) is 23.9 Å². The van der Waals surface area contributed by atoms with Gasteiger partial charge in [0.05, 0.1) is 24.1 Å². The maximum atomic E-state index is 12.5. The molecule has 0 radical (unpaired) electrons. The number of carbonyl (C=O) groups excluding carboxylic acids is 1. The highest BCUT2D eigenvalue weighted by molar-refractivity contribution is 5.94. The predicted molar refractivity (Wildman–Crippen MR) is 79.1 cm³/mol. The Labute approximate surface area is 126 Å². The van der Waals surface area contributed by atoms with Crippen molar-refractivity contribution in [3.05, 3.63) is 34.1 Å². The molecule has 0 aliphatic carbocycles. The Hall–Kier alpha value is -2.94. The number of hydrogen-bond donors (Lipinski definition) is 0. The summed E-state index contributed by atoms with van der Waals surface area (Å²) in [7, 11) is 0. The topological polar surface area (TPSA) is 66.8 Å². The van der Waals surface area contributed by atoms with Crippen LogP contribution in [-0.2, 0) is 11.3 Å². The summed E-state index contributed by atoms with van der Waals surface area (Å²) in [5.41, 5.74) is 0.115. The summed E-state index contributed by atoms with van der Waals surface area (Å²) in [6, 6.07) is 3.25. The van der Waals surface area contributed by atoms with Crippen molar-refractivity contribution >= 4 is 16.9 Å². The molecule has 0 saturated carbocycles. The molecule has 0 unspecified atom stereocenters. The van der Waals surface area contributed by atoms with Crippen LogP contribution in [0.2, 0.25) is 0 Å². The van der Waals surface area contributed by atoms with Gasteiger partial charge in [0, 0.05) is 12.3 Å². The highest BCUT2D eigenvalue weighted by Crippen LogP contribution is 2.35. The molecule has 2 heterocycles. The van der Waals surface area contributed by atoms with Gasteiger partial charge in [0.1, 0.15) is 5.56 Å². The molecule has 0 amide bonds. The number of carbonyl (C=O) groups is 1. The Morgan fingerprint density at radius 3 is 2.82 bits per heavy atom. The predicted octanol–water partition coefficient (Wildman–Crippen LogP) is 1.54. The van der Waals surface area contributed by atoms with Gasteiger partial charge in [-0.05, 0) is 13.0 Å². The molecule has 1 aromatic carbocycles. The van der Waals surface area contributed by atoms with Gasteiger partial charge in [0.2, 0.25) is 12.2 Å². The van der Waals surface area contributed by atoms with Gasteiger partial charge in [-0.2, -0.15) is 0 Å². The van der Waals surface area contributed by atoms with Gasteiger partial charge in [-0.3, -0.25) is 4.79 Å². The van der Waals surface area contributed by atoms with Crippen molar-refractivity contribution in [2.24, 2.45) is 0 Å². The molecule has 0 bridgehead atoms. The lowest BCUT2D eigenvalue weighted by Gasteiger charge is -2.11. The minimum absolute atomic E-state index is 0.0523. The van der Waals surface area contributed by atoms with E-state index in [4.69, 9.17) is 20.6 Å². The van der Waals surface area contributed by atoms with Gasteiger partial charge >= 0.3 is 5.97 Å². The average molecular weight is 299 g/mol. The van der Waals surface area contributed by atoms with Crippen molar-refractivity contribution in [2.45, 2.75) is 13.5 Å². The van der Waals surface area contributed by atoms with Gasteiger partial charge in [0.25, 0.3) is 0 Å². The number of ether oxygens (including phenoxy) is 3. The number of hydrogen-bond acceptors (Lipinski definition) is 5. The molecule has 6 heteroatoms. The second-order valence-corrected chi connectivity index (χ2v) is 4.65. The number of aromatic nitrogens is 1. The molecule has 112 valence electrons. The van der Waals surface area contributed by atoms with Gasteiger partial charge in [0.15, 0.2) is 11.5 Å². The van der Waals surface area contributed by atoms with Crippen LogP contribution < -0.4 is 14.9 Å². The van der Waals surface area contributed by atoms with E-state index >= 15 is 0 Å². The first-order valence-corrected chi connectivity index (χ1v) is 6.73. The Balaban J connectivity index is 2.30. The molecule has 0 saturated heterocycles. The summed E-state index contributed by atoms with van der Waals surface area (Å²) >= 11 is 0. The zero-order valence-corrected chi connectivity index (χ0v) is 11.9. The second kappa shape index (κ2) is 5.45. The van der Waals surface area contributed by atoms with Crippen LogP contribution in [0.5, 0.6) is 11.5 Å². The fourth-order valence-electron chi connectivity index (χ4n) is 2.36. The van der Waals surface area contributed by atoms with E-state index in [1.54, 1.807) is 23.6 Å². The van der Waals surface area contributed by atoms with Crippen LogP contribution in [0.4, 0.5) is 0 Å². The molecule has 0 spiro atoms. The number of fused-ring (bicyclic) bond motifs is 2. The number of terminal acetylenes is 1. The minimum atomic E-state index is -0.669. The quantitative estimate of drug-likeness (QED) is 0.635. The summed E-state index contributed by atoms with van der Waals surface area (Å²) in [6.45, 7) is 2.17. The zero-order valence-electron chi connectivity index (χ0n) is 11.9. The highest BCUT2D eigenvalue weighted by atomic mass is 16.7. The second-order valence-electron chi connectivity index (χ2n) is 4.65. The summed E-state index contributed by atoms with van der Waals surface area (Å²) in [5, 5.41) is 0.338. The zero-order chi connectivity index (χ0) is 15.7. The van der Waals surface area contributed by atoms with Gasteiger partial charge in [-0.25, -0.2) is 4.79 Å². The standard InChI is InChI=1S/C16H13NO5/c1-3-5-17-8-11(16(19)20-4-2)15(18)10-6-13-14(7-12(10)17)22-9-21-13/h1,6-8H,4-5,9H2,2H3. The third kappa shape index (κ3) is 2.17. The summed E-state index contributed by atoms with van der Waals surface area (Å²) in [5.74, 6) is 2.84. The maximum absolute atomic E-state index is 12.5. The van der Waals surface area contributed by atoms with Crippen LogP contribution in [0.25, 0.3) is 10.9 Å². The molecule has 1 aromatic heterocycles. The molecule has 2 aromatic rings. The van der Waals surface area contributed by atoms with E-state index in [-0.39, 0.29) is 25.5 Å². The number of rotatable bonds is 3. The van der Waals surface area contributed by atoms with E-state index in [2.05, 4.69) is 5.92 Å². The van der Waals surface area contributed by atoms with Gasteiger partial charge in [-0.1, -0.05) is 5.92 Å². The van der Waals surface area contributed by atoms with Crippen molar-refractivity contribution in [1.29, 1.82) is 0 Å². The van der Waals surface area contributed by atoms with Crippen molar-refractivity contribution in [2.75, 3.05) is 13.4 Å². The van der Waals surface area contributed by atoms with Crippen LogP contribution in [0, 0.1) is 12.3 Å². The number of esters is 1. The number of benzene rings is 1. The lowest BCUT2D eigenvalue weighted by atomic mass is 10.1. The van der Waals surface area contributed by atoms with E-state index in [0.29, 0.717) is 22.4 Å². The Bertz CT molecular complexity index is 859. The third-order valence-electron chi connectivity index (χ3n) is 3.33. The molecule has 6 nitrogen and oxygen atoms in total. The summed E-state index contributed by atoms with van der Waals surface area (Å²) in [6.07, 6.45) is 6.79. The van der Waals surface area contributed by atoms with E-state index in [1.807, 2.05) is 0 Å². The smallest absolute Gasteiger partial charge is 0.343 e. The van der Waals surface area contributed by atoms with Gasteiger partial charge in [-0.15, -0.1) is 6.42 Å². The highest BCUT2D eigenvalue weighted by Gasteiger charge is 2.21. The number of nitrogens with zero attached hydrogens (tertiary/aromatic N) is 1. The largest absolute Gasteiger partial charge is 0.462 e. The molecule has 1 aliphatic rings. The monoisotopic (exact) mass is 299 g/mol. The van der Waals surface area contributed by atoms with Crippen molar-refractivity contribution in [1.82, 2.24) is 4.57 Å². The van der Waals surface area contributed by atoms with Crippen molar-refractivity contribution in [3.8, 4) is 23.8 Å². The van der Waals surface area contributed by atoms with Crippen molar-refractivity contribution in [3.63, 3.8) is 0 Å². The van der Waals surface area contributed by atoms with E-state index < -0.39 is 11.4 Å². The first-order valence-electron chi connectivity index (χ1n) is 6.73. The maximum Gasteiger partial charge on any atom is 0.343 e. The first kappa shape index (κ1) is 14.0. The molecule has 1 aliphatic heterocycles. The Kier molecular flexibility index (Phi) is 3.47. The van der Waals surface area contributed by atoms with Crippen LogP contribution >= 0.6 is 0 Å². The van der Waals surface area contributed by atoms with Crippen LogP contribution in [0.15, 0.2) is 23.1 Å². The van der Waals surface area contributed by atoms with E-state index in [9.17, 15) is 9.59 Å². The first-order chi connectivity index (χ1) is 10.7. The molecule has 0 N–H and O–H groups in total. The van der Waals surface area contributed by atoms with Crippen LogP contribution in [0.3, 0.4) is 0 Å². The van der Waals surface area contributed by atoms with Gasteiger partial charge < -0.3 is 18.8 Å². The van der Waals surface area contributed by atoms with Crippen molar-refractivity contribution < 1.29 is 19.0 Å². The van der Waals surface area contributed by atoms with E-state index in [1.165, 1.54) is 6.20 Å².